The van der Waals surface area contributed by atoms with Gasteiger partial charge >= 0.3 is 0 Å². The Kier molecular flexibility index (Phi) is 8.33. The summed E-state index contributed by atoms with van der Waals surface area (Å²) in [4.78, 5) is 10.4. The minimum Gasteiger partial charge on any atom is -0.356 e. The van der Waals surface area contributed by atoms with Gasteiger partial charge in [0.25, 0.3) is 0 Å². The Hall–Kier alpha value is -1.16. The molecular weight excluding hydrogens is 459 g/mol. The number of rotatable bonds is 6. The number of fused-ring (bicyclic) bond motifs is 1. The van der Waals surface area contributed by atoms with E-state index >= 15 is 0 Å². The van der Waals surface area contributed by atoms with E-state index in [0.717, 1.165) is 56.4 Å². The summed E-state index contributed by atoms with van der Waals surface area (Å²) in [6.07, 6.45) is 4.03. The Balaban J connectivity index is 0.00000243. The normalized spacial score (nSPS) is 18.0. The number of guanidine groups is 1. The van der Waals surface area contributed by atoms with Gasteiger partial charge in [-0.3, -0.25) is 4.99 Å². The molecule has 2 atom stereocenters. The number of halogens is 1. The summed E-state index contributed by atoms with van der Waals surface area (Å²) >= 11 is 1.83. The van der Waals surface area contributed by atoms with Crippen LogP contribution in [0.2, 0.25) is 0 Å². The van der Waals surface area contributed by atoms with Crippen molar-refractivity contribution in [2.75, 3.05) is 13.6 Å². The predicted molar refractivity (Wildman–Crippen MR) is 119 cm³/mol. The van der Waals surface area contributed by atoms with E-state index in [-0.39, 0.29) is 24.0 Å². The quantitative estimate of drug-likeness (QED) is 0.373. The molecule has 0 saturated carbocycles. The van der Waals surface area contributed by atoms with Gasteiger partial charge in [0.05, 0.1) is 6.54 Å². The average molecular weight is 488 g/mol. The van der Waals surface area contributed by atoms with Crippen molar-refractivity contribution in [3.8, 4) is 0 Å². The van der Waals surface area contributed by atoms with Crippen LogP contribution in [0.3, 0.4) is 0 Å². The zero-order chi connectivity index (χ0) is 17.6. The first-order valence-corrected chi connectivity index (χ1v) is 9.98. The molecule has 2 N–H and O–H groups in total. The van der Waals surface area contributed by atoms with Crippen molar-refractivity contribution in [2.45, 2.75) is 52.1 Å². The van der Waals surface area contributed by atoms with E-state index < -0.39 is 0 Å². The summed E-state index contributed by atoms with van der Waals surface area (Å²) in [5.41, 5.74) is 0. The van der Waals surface area contributed by atoms with Crippen LogP contribution in [0, 0.1) is 5.92 Å². The maximum atomic E-state index is 4.58. The summed E-state index contributed by atoms with van der Waals surface area (Å²) in [6, 6.07) is 4.67. The monoisotopic (exact) mass is 488 g/mol. The second-order valence-electron chi connectivity index (χ2n) is 6.70. The van der Waals surface area contributed by atoms with Crippen LogP contribution in [0.1, 0.15) is 36.8 Å². The van der Waals surface area contributed by atoms with Crippen molar-refractivity contribution in [2.24, 2.45) is 10.9 Å². The fraction of sp³-hybridized carbons (Fsp3) is 0.611. The molecule has 0 aliphatic carbocycles. The molecule has 1 aliphatic rings. The molecule has 0 fully saturated rings. The van der Waals surface area contributed by atoms with Gasteiger partial charge in [0.2, 0.25) is 0 Å². The van der Waals surface area contributed by atoms with Gasteiger partial charge in [0, 0.05) is 37.4 Å². The van der Waals surface area contributed by atoms with Gasteiger partial charge in [-0.2, -0.15) is 5.10 Å². The average Bonchev–Trinajstić information content (AvgIpc) is 3.27. The van der Waals surface area contributed by atoms with E-state index in [1.165, 1.54) is 4.88 Å². The topological polar surface area (TPSA) is 67.1 Å². The van der Waals surface area contributed by atoms with Crippen LogP contribution in [0.15, 0.2) is 22.5 Å². The largest absolute Gasteiger partial charge is 0.356 e. The van der Waals surface area contributed by atoms with E-state index in [0.29, 0.717) is 12.0 Å². The van der Waals surface area contributed by atoms with E-state index in [9.17, 15) is 0 Å². The number of hydrogen-bond donors (Lipinski definition) is 2. The molecule has 8 heteroatoms. The number of aliphatic imine (C=N–C) groups is 1. The fourth-order valence-electron chi connectivity index (χ4n) is 3.13. The predicted octanol–water partition coefficient (Wildman–Crippen LogP) is 2.88. The van der Waals surface area contributed by atoms with E-state index in [4.69, 9.17) is 0 Å². The van der Waals surface area contributed by atoms with Crippen LogP contribution in [0.25, 0.3) is 0 Å². The number of aryl methyl sites for hydroxylation is 2. The molecule has 2 aromatic rings. The maximum absolute atomic E-state index is 4.58. The lowest BCUT2D eigenvalue weighted by molar-refractivity contribution is 0.391. The van der Waals surface area contributed by atoms with Crippen LogP contribution in [-0.2, 0) is 25.8 Å². The van der Waals surface area contributed by atoms with Gasteiger partial charge in [-0.05, 0) is 30.2 Å². The second-order valence-corrected chi connectivity index (χ2v) is 7.73. The zero-order valence-electron chi connectivity index (χ0n) is 15.7. The molecule has 0 spiro atoms. The second kappa shape index (κ2) is 10.2. The molecule has 2 aromatic heterocycles. The van der Waals surface area contributed by atoms with E-state index in [1.54, 1.807) is 0 Å². The molecule has 0 radical (unpaired) electrons. The Bertz CT molecular complexity index is 697. The Morgan fingerprint density at radius 1 is 1.50 bits per heavy atom. The van der Waals surface area contributed by atoms with Crippen molar-refractivity contribution in [1.82, 2.24) is 25.4 Å². The summed E-state index contributed by atoms with van der Waals surface area (Å²) in [5.74, 6) is 3.50. The van der Waals surface area contributed by atoms with Gasteiger partial charge in [-0.25, -0.2) is 9.67 Å². The lowest BCUT2D eigenvalue weighted by atomic mass is 10.1. The highest BCUT2D eigenvalue weighted by atomic mass is 127. The third-order valence-corrected chi connectivity index (χ3v) is 5.43. The molecule has 2 unspecified atom stereocenters. The van der Waals surface area contributed by atoms with Crippen molar-refractivity contribution in [3.05, 3.63) is 34.0 Å². The Morgan fingerprint density at radius 3 is 3.04 bits per heavy atom. The van der Waals surface area contributed by atoms with Crippen LogP contribution in [0.5, 0.6) is 0 Å². The smallest absolute Gasteiger partial charge is 0.191 e. The SMILES string of the molecule is CCc1nc2n(n1)CC(NC(=NC)NCC(C)Cc1cccs1)CC2.I. The van der Waals surface area contributed by atoms with Crippen LogP contribution in [0.4, 0.5) is 0 Å². The molecule has 144 valence electrons. The third kappa shape index (κ3) is 5.67. The van der Waals surface area contributed by atoms with Gasteiger partial charge in [-0.15, -0.1) is 35.3 Å². The van der Waals surface area contributed by atoms with E-state index in [2.05, 4.69) is 57.1 Å². The molecule has 0 saturated heterocycles. The number of hydrogen-bond acceptors (Lipinski definition) is 4. The molecule has 0 bridgehead atoms. The molecule has 1 aliphatic heterocycles. The summed E-state index contributed by atoms with van der Waals surface area (Å²) in [5, 5.41) is 13.7. The van der Waals surface area contributed by atoms with Crippen molar-refractivity contribution >= 4 is 41.3 Å². The molecule has 26 heavy (non-hydrogen) atoms. The minimum atomic E-state index is 0. The molecule has 6 nitrogen and oxygen atoms in total. The van der Waals surface area contributed by atoms with Gasteiger partial charge < -0.3 is 10.6 Å². The molecule has 3 rings (SSSR count). The van der Waals surface area contributed by atoms with Gasteiger partial charge in [0.15, 0.2) is 11.8 Å². The van der Waals surface area contributed by atoms with Crippen LogP contribution in [-0.4, -0.2) is 40.4 Å². The van der Waals surface area contributed by atoms with Crippen molar-refractivity contribution in [1.29, 1.82) is 0 Å². The van der Waals surface area contributed by atoms with Crippen molar-refractivity contribution in [3.63, 3.8) is 0 Å². The Labute approximate surface area is 176 Å². The summed E-state index contributed by atoms with van der Waals surface area (Å²) < 4.78 is 2.05. The highest BCUT2D eigenvalue weighted by Gasteiger charge is 2.22. The highest BCUT2D eigenvalue weighted by molar-refractivity contribution is 14.0. The third-order valence-electron chi connectivity index (χ3n) is 4.53. The maximum Gasteiger partial charge on any atom is 0.191 e. The first-order valence-electron chi connectivity index (χ1n) is 9.10. The molecular formula is C18H29IN6S. The number of nitrogens with zero attached hydrogens (tertiary/aromatic N) is 4. The van der Waals surface area contributed by atoms with Crippen molar-refractivity contribution < 1.29 is 0 Å². The fourth-order valence-corrected chi connectivity index (χ4v) is 4.00. The number of aromatic nitrogens is 3. The van der Waals surface area contributed by atoms with E-state index in [1.807, 2.05) is 23.1 Å². The van der Waals surface area contributed by atoms with Crippen LogP contribution < -0.4 is 10.6 Å². The Morgan fingerprint density at radius 2 is 2.35 bits per heavy atom. The van der Waals surface area contributed by atoms with Crippen LogP contribution >= 0.6 is 35.3 Å². The van der Waals surface area contributed by atoms with Gasteiger partial charge in [-0.1, -0.05) is 19.9 Å². The lowest BCUT2D eigenvalue weighted by Crippen LogP contribution is -2.48. The van der Waals surface area contributed by atoms with Gasteiger partial charge in [0.1, 0.15) is 5.82 Å². The molecule has 3 heterocycles. The zero-order valence-corrected chi connectivity index (χ0v) is 18.9. The number of thiophene rings is 1. The molecule has 0 amide bonds. The standard InChI is InChI=1S/C18H28N6S.HI/c1-4-16-22-17-8-7-14(12-24(17)23-16)21-18(19-3)20-11-13(2)10-15-6-5-9-25-15;/h5-6,9,13-14H,4,7-8,10-12H2,1-3H3,(H2,19,20,21);1H. The summed E-state index contributed by atoms with van der Waals surface area (Å²) in [6.45, 7) is 6.14. The number of nitrogens with one attached hydrogen (secondary N) is 2. The first kappa shape index (κ1) is 21.1. The lowest BCUT2D eigenvalue weighted by Gasteiger charge is -2.26. The minimum absolute atomic E-state index is 0. The molecule has 0 aromatic carbocycles. The first-order chi connectivity index (χ1) is 12.2. The summed E-state index contributed by atoms with van der Waals surface area (Å²) in [7, 11) is 1.83. The highest BCUT2D eigenvalue weighted by Crippen LogP contribution is 2.15.